The number of carbonyl (C=O) groups excluding carboxylic acids is 4. The normalized spacial score (nSPS) is 15.8. The summed E-state index contributed by atoms with van der Waals surface area (Å²) in [4.78, 5) is 72.2. The first kappa shape index (κ1) is 80.1. The number of hydrogen-bond acceptors (Lipinski definition) is 15. The van der Waals surface area contributed by atoms with Gasteiger partial charge in [0.1, 0.15) is 19.3 Å². The number of phosphoric ester groups is 2. The van der Waals surface area contributed by atoms with Gasteiger partial charge in [-0.25, -0.2) is 9.13 Å². The Bertz CT molecular complexity index is 1650. The Hall–Kier alpha value is -1.94. The Morgan fingerprint density at radius 2 is 0.549 bits per heavy atom. The van der Waals surface area contributed by atoms with Crippen LogP contribution in [0.25, 0.3) is 0 Å². The van der Waals surface area contributed by atoms with Crippen molar-refractivity contribution in [1.29, 1.82) is 0 Å². The van der Waals surface area contributed by atoms with Gasteiger partial charge in [0, 0.05) is 25.7 Å². The first-order valence-corrected chi connectivity index (χ1v) is 35.8. The number of rotatable bonds is 60. The van der Waals surface area contributed by atoms with Gasteiger partial charge in [0.05, 0.1) is 26.4 Å². The zero-order chi connectivity index (χ0) is 61.1. The number of ether oxygens (including phenoxy) is 4. The van der Waals surface area contributed by atoms with Crippen molar-refractivity contribution in [3.8, 4) is 0 Å². The summed E-state index contributed by atoms with van der Waals surface area (Å²) in [7, 11) is -9.89. The van der Waals surface area contributed by atoms with Crippen LogP contribution in [0.4, 0.5) is 0 Å². The highest BCUT2D eigenvalue weighted by Crippen LogP contribution is 2.45. The first-order chi connectivity index (χ1) is 39.2. The van der Waals surface area contributed by atoms with Gasteiger partial charge in [-0.2, -0.15) is 0 Å². The molecule has 9 atom stereocenters. The SMILES string of the molecule is CCC(C)CCCCCCCCCCC(=O)O[C@H](COC(=O)CCCCCCCCC(C)CC)COP(=O)(O)OC[C@H](O)COP(=O)(O)OC[C@@H](COC(=O)CCCCCCCCC(C)CC)OC(=O)CCCCCCCCC(C)CC. The molecule has 0 fully saturated rings. The fraction of sp³-hybridized carbons (Fsp3) is 0.937. The lowest BCUT2D eigenvalue weighted by molar-refractivity contribution is -0.161. The Balaban J connectivity index is 5.28. The molecule has 3 N–H and O–H groups in total. The summed E-state index contributed by atoms with van der Waals surface area (Å²) in [6, 6.07) is 0. The molecular weight excluding hydrogens is 1090 g/mol. The fourth-order valence-corrected chi connectivity index (χ4v) is 10.7. The van der Waals surface area contributed by atoms with Crippen molar-refractivity contribution in [3.05, 3.63) is 0 Å². The van der Waals surface area contributed by atoms with Crippen LogP contribution in [0, 0.1) is 23.7 Å². The second-order valence-corrected chi connectivity index (χ2v) is 26.7. The highest BCUT2D eigenvalue weighted by atomic mass is 31.2. The van der Waals surface area contributed by atoms with E-state index in [1.165, 1.54) is 89.9 Å². The lowest BCUT2D eigenvalue weighted by Crippen LogP contribution is -2.30. The molecule has 0 aliphatic carbocycles. The molecule has 0 radical (unpaired) electrons. The van der Waals surface area contributed by atoms with Gasteiger partial charge in [0.15, 0.2) is 12.2 Å². The molecule has 17 nitrogen and oxygen atoms in total. The molecule has 0 heterocycles. The lowest BCUT2D eigenvalue weighted by atomic mass is 9.99. The Morgan fingerprint density at radius 3 is 0.805 bits per heavy atom. The second kappa shape index (κ2) is 53.3. The topological polar surface area (TPSA) is 237 Å². The maximum Gasteiger partial charge on any atom is 0.472 e. The van der Waals surface area contributed by atoms with Crippen LogP contribution in [0.1, 0.15) is 299 Å². The summed E-state index contributed by atoms with van der Waals surface area (Å²) >= 11 is 0. The predicted molar refractivity (Wildman–Crippen MR) is 326 cm³/mol. The first-order valence-electron chi connectivity index (χ1n) is 32.9. The van der Waals surface area contributed by atoms with E-state index in [-0.39, 0.29) is 25.7 Å². The number of aliphatic hydroxyl groups is 1. The zero-order valence-electron chi connectivity index (χ0n) is 53.1. The minimum Gasteiger partial charge on any atom is -0.462 e. The number of phosphoric acid groups is 2. The molecular formula is C63H122O17P2. The summed E-state index contributed by atoms with van der Waals surface area (Å²) in [5, 5.41) is 10.5. The molecule has 82 heavy (non-hydrogen) atoms. The number of carbonyl (C=O) groups is 4. The number of aliphatic hydroxyl groups excluding tert-OH is 1. The number of esters is 4. The van der Waals surface area contributed by atoms with Crippen molar-refractivity contribution in [3.63, 3.8) is 0 Å². The monoisotopic (exact) mass is 1210 g/mol. The van der Waals surface area contributed by atoms with Gasteiger partial charge in [-0.1, -0.05) is 248 Å². The molecule has 0 spiro atoms. The van der Waals surface area contributed by atoms with E-state index in [0.29, 0.717) is 25.7 Å². The van der Waals surface area contributed by atoms with Crippen LogP contribution in [0.3, 0.4) is 0 Å². The molecule has 0 amide bonds. The van der Waals surface area contributed by atoms with Gasteiger partial charge in [-0.15, -0.1) is 0 Å². The molecule has 0 saturated heterocycles. The molecule has 486 valence electrons. The van der Waals surface area contributed by atoms with Crippen molar-refractivity contribution in [2.75, 3.05) is 39.6 Å². The standard InChI is InChI=1S/C63H122O17P2/c1-9-53(5)39-31-23-15-13-14-16-29-37-45-62(67)79-58(49-73-60(65)43-35-27-20-17-24-32-40-54(6)10-2)51-77-81(69,70)75-47-57(64)48-76-82(71,72)78-52-59(80-63(68)46-38-30-22-19-26-34-42-56(8)12-4)50-74-61(66)44-36-28-21-18-25-33-41-55(7)11-3/h53-59,64H,9-52H2,1-8H3,(H,69,70)(H,71,72)/t53?,54?,55?,56?,57-,58+,59+/m0/s1. The molecule has 0 aromatic heterocycles. The van der Waals surface area contributed by atoms with E-state index in [0.717, 1.165) is 126 Å². The maximum atomic E-state index is 13.0. The fourth-order valence-electron chi connectivity index (χ4n) is 9.12. The van der Waals surface area contributed by atoms with Gasteiger partial charge in [0.2, 0.25) is 0 Å². The van der Waals surface area contributed by atoms with E-state index >= 15 is 0 Å². The molecule has 6 unspecified atom stereocenters. The van der Waals surface area contributed by atoms with Gasteiger partial charge in [-0.05, 0) is 49.4 Å². The van der Waals surface area contributed by atoms with Crippen molar-refractivity contribution in [1.82, 2.24) is 0 Å². The highest BCUT2D eigenvalue weighted by Gasteiger charge is 2.30. The van der Waals surface area contributed by atoms with E-state index in [2.05, 4.69) is 55.4 Å². The number of unbranched alkanes of at least 4 members (excludes halogenated alkanes) is 22. The van der Waals surface area contributed by atoms with Crippen LogP contribution in [0.15, 0.2) is 0 Å². The Kier molecular flexibility index (Phi) is 52.0. The summed E-state index contributed by atoms with van der Waals surface area (Å²) in [5.41, 5.74) is 0. The van der Waals surface area contributed by atoms with Crippen molar-refractivity contribution in [2.45, 2.75) is 318 Å². The summed E-state index contributed by atoms with van der Waals surface area (Å²) in [5.74, 6) is 0.806. The van der Waals surface area contributed by atoms with Gasteiger partial charge in [-0.3, -0.25) is 37.3 Å². The molecule has 0 aliphatic heterocycles. The van der Waals surface area contributed by atoms with Crippen molar-refractivity contribution in [2.24, 2.45) is 23.7 Å². The molecule has 0 aliphatic rings. The Morgan fingerprint density at radius 1 is 0.329 bits per heavy atom. The van der Waals surface area contributed by atoms with Crippen LogP contribution in [-0.2, 0) is 65.4 Å². The number of hydrogen-bond donors (Lipinski definition) is 3. The summed E-state index contributed by atoms with van der Waals surface area (Å²) in [6.07, 6.45) is 32.1. The average Bonchev–Trinajstić information content (AvgIpc) is 3.47. The van der Waals surface area contributed by atoms with E-state index in [1.54, 1.807) is 0 Å². The van der Waals surface area contributed by atoms with E-state index in [1.807, 2.05) is 0 Å². The molecule has 0 bridgehead atoms. The van der Waals surface area contributed by atoms with E-state index in [9.17, 15) is 43.2 Å². The minimum atomic E-state index is -4.94. The second-order valence-electron chi connectivity index (χ2n) is 23.8. The largest absolute Gasteiger partial charge is 0.472 e. The van der Waals surface area contributed by atoms with E-state index in [4.69, 9.17) is 37.0 Å². The van der Waals surface area contributed by atoms with Gasteiger partial charge < -0.3 is 33.8 Å². The molecule has 0 saturated carbocycles. The van der Waals surface area contributed by atoms with Crippen LogP contribution in [0.2, 0.25) is 0 Å². The van der Waals surface area contributed by atoms with E-state index < -0.39 is 97.5 Å². The lowest BCUT2D eigenvalue weighted by Gasteiger charge is -2.21. The molecule has 0 aromatic rings. The molecule has 0 rings (SSSR count). The third-order valence-electron chi connectivity index (χ3n) is 15.8. The van der Waals surface area contributed by atoms with Crippen LogP contribution < -0.4 is 0 Å². The summed E-state index contributed by atoms with van der Waals surface area (Å²) in [6.45, 7) is 13.9. The zero-order valence-corrected chi connectivity index (χ0v) is 54.9. The predicted octanol–water partition coefficient (Wildman–Crippen LogP) is 17.0. The van der Waals surface area contributed by atoms with Crippen LogP contribution in [-0.4, -0.2) is 96.7 Å². The summed E-state index contributed by atoms with van der Waals surface area (Å²) < 4.78 is 67.9. The minimum absolute atomic E-state index is 0.101. The van der Waals surface area contributed by atoms with Crippen molar-refractivity contribution < 1.29 is 80.2 Å². The Labute approximate surface area is 498 Å². The third-order valence-corrected chi connectivity index (χ3v) is 17.7. The van der Waals surface area contributed by atoms with Crippen LogP contribution >= 0.6 is 15.6 Å². The highest BCUT2D eigenvalue weighted by molar-refractivity contribution is 7.47. The smallest absolute Gasteiger partial charge is 0.462 e. The maximum absolute atomic E-state index is 13.0. The van der Waals surface area contributed by atoms with Gasteiger partial charge in [0.25, 0.3) is 0 Å². The molecule has 0 aromatic carbocycles. The molecule has 19 heteroatoms. The third kappa shape index (κ3) is 52.4. The quantitative estimate of drug-likeness (QED) is 0.0222. The van der Waals surface area contributed by atoms with Crippen LogP contribution in [0.5, 0.6) is 0 Å². The van der Waals surface area contributed by atoms with Crippen molar-refractivity contribution >= 4 is 39.5 Å². The average molecular weight is 1210 g/mol. The van der Waals surface area contributed by atoms with Gasteiger partial charge >= 0.3 is 39.5 Å².